The smallest absolute Gasteiger partial charge is 0.264 e. The van der Waals surface area contributed by atoms with E-state index < -0.39 is 0 Å². The highest BCUT2D eigenvalue weighted by Crippen LogP contribution is 2.22. The molecule has 0 spiro atoms. The van der Waals surface area contributed by atoms with Crippen LogP contribution in [-0.4, -0.2) is 48.9 Å². The van der Waals surface area contributed by atoms with Crippen molar-refractivity contribution in [3.05, 3.63) is 21.9 Å². The molecule has 2 amide bonds. The fourth-order valence-corrected chi connectivity index (χ4v) is 4.32. The van der Waals surface area contributed by atoms with Gasteiger partial charge >= 0.3 is 0 Å². The maximum absolute atomic E-state index is 12.6. The number of hydrogen-bond acceptors (Lipinski definition) is 4. The molecule has 2 atom stereocenters. The quantitative estimate of drug-likeness (QED) is 0.882. The summed E-state index contributed by atoms with van der Waals surface area (Å²) in [5.74, 6) is 0.615. The first-order valence-corrected chi connectivity index (χ1v) is 9.37. The topological polar surface area (TPSA) is 61.4 Å². The molecule has 3 heterocycles. The van der Waals surface area contributed by atoms with E-state index >= 15 is 0 Å². The number of amides is 2. The largest absolute Gasteiger partial charge is 0.354 e. The summed E-state index contributed by atoms with van der Waals surface area (Å²) in [6.07, 6.45) is 4.09. The Labute approximate surface area is 141 Å². The standard InChI is InChI=1S/C17H25N3O2S/c1-12-6-9-23-15(12)17(22)20-8-3-4-13(11-20)10-19-16(21)14-5-2-7-18-14/h6,9,13-14,18H,2-5,7-8,10-11H2,1H3,(H,19,21)/t13-,14+/m0/s1. The number of thiophene rings is 1. The molecule has 0 saturated carbocycles. The molecule has 0 unspecified atom stereocenters. The van der Waals surface area contributed by atoms with Crippen LogP contribution in [0.15, 0.2) is 11.4 Å². The number of rotatable bonds is 4. The molecule has 126 valence electrons. The fraction of sp³-hybridized carbons (Fsp3) is 0.647. The van der Waals surface area contributed by atoms with Crippen LogP contribution in [0, 0.1) is 12.8 Å². The zero-order valence-corrected chi connectivity index (χ0v) is 14.5. The number of piperidine rings is 1. The molecule has 0 radical (unpaired) electrons. The minimum Gasteiger partial charge on any atom is -0.354 e. The Hall–Kier alpha value is -1.40. The summed E-state index contributed by atoms with van der Waals surface area (Å²) in [5.41, 5.74) is 1.06. The van der Waals surface area contributed by atoms with Crippen molar-refractivity contribution in [1.29, 1.82) is 0 Å². The molecular weight excluding hydrogens is 310 g/mol. The number of nitrogens with zero attached hydrogens (tertiary/aromatic N) is 1. The van der Waals surface area contributed by atoms with Gasteiger partial charge in [0.25, 0.3) is 5.91 Å². The normalized spacial score (nSPS) is 24.7. The summed E-state index contributed by atoms with van der Waals surface area (Å²) in [4.78, 5) is 27.5. The van der Waals surface area contributed by atoms with E-state index in [1.54, 1.807) is 0 Å². The van der Waals surface area contributed by atoms with Crippen LogP contribution in [0.3, 0.4) is 0 Å². The van der Waals surface area contributed by atoms with E-state index in [2.05, 4.69) is 10.6 Å². The summed E-state index contributed by atoms with van der Waals surface area (Å²) in [7, 11) is 0. The van der Waals surface area contributed by atoms with Gasteiger partial charge in [-0.3, -0.25) is 9.59 Å². The van der Waals surface area contributed by atoms with Crippen molar-refractivity contribution in [2.24, 2.45) is 5.92 Å². The predicted molar refractivity (Wildman–Crippen MR) is 91.7 cm³/mol. The summed E-state index contributed by atoms with van der Waals surface area (Å²) >= 11 is 1.52. The van der Waals surface area contributed by atoms with E-state index in [9.17, 15) is 9.59 Å². The summed E-state index contributed by atoms with van der Waals surface area (Å²) in [6, 6.07) is 1.97. The van der Waals surface area contributed by atoms with Crippen LogP contribution >= 0.6 is 11.3 Å². The lowest BCUT2D eigenvalue weighted by molar-refractivity contribution is -0.123. The molecule has 2 saturated heterocycles. The van der Waals surface area contributed by atoms with Gasteiger partial charge in [-0.1, -0.05) is 0 Å². The Morgan fingerprint density at radius 3 is 2.96 bits per heavy atom. The summed E-state index contributed by atoms with van der Waals surface area (Å²) < 4.78 is 0. The van der Waals surface area contributed by atoms with Crippen LogP contribution in [0.4, 0.5) is 0 Å². The van der Waals surface area contributed by atoms with Gasteiger partial charge in [0.15, 0.2) is 0 Å². The molecule has 0 bridgehead atoms. The van der Waals surface area contributed by atoms with Crippen molar-refractivity contribution < 1.29 is 9.59 Å². The van der Waals surface area contributed by atoms with Gasteiger partial charge in [0, 0.05) is 19.6 Å². The second-order valence-electron chi connectivity index (χ2n) is 6.59. The first kappa shape index (κ1) is 16.5. The number of hydrogen-bond donors (Lipinski definition) is 2. The number of aryl methyl sites for hydroxylation is 1. The van der Waals surface area contributed by atoms with Gasteiger partial charge < -0.3 is 15.5 Å². The molecule has 0 aliphatic carbocycles. The van der Waals surface area contributed by atoms with E-state index in [1.165, 1.54) is 11.3 Å². The molecule has 2 N–H and O–H groups in total. The maximum atomic E-state index is 12.6. The Balaban J connectivity index is 1.51. The van der Waals surface area contributed by atoms with Crippen molar-refractivity contribution in [3.63, 3.8) is 0 Å². The lowest BCUT2D eigenvalue weighted by Crippen LogP contribution is -2.46. The molecule has 2 aliphatic rings. The third-order valence-corrected chi connectivity index (χ3v) is 5.81. The third-order valence-electron chi connectivity index (χ3n) is 4.80. The Kier molecular flexibility index (Phi) is 5.33. The van der Waals surface area contributed by atoms with Crippen LogP contribution < -0.4 is 10.6 Å². The second kappa shape index (κ2) is 7.45. The van der Waals surface area contributed by atoms with Crippen molar-refractivity contribution in [2.45, 2.75) is 38.6 Å². The lowest BCUT2D eigenvalue weighted by atomic mass is 9.97. The van der Waals surface area contributed by atoms with Crippen LogP contribution in [0.5, 0.6) is 0 Å². The number of carbonyl (C=O) groups is 2. The maximum Gasteiger partial charge on any atom is 0.264 e. The first-order valence-electron chi connectivity index (χ1n) is 8.49. The number of carbonyl (C=O) groups excluding carboxylic acids is 2. The second-order valence-corrected chi connectivity index (χ2v) is 7.50. The Bertz CT molecular complexity index is 566. The van der Waals surface area contributed by atoms with Crippen molar-refractivity contribution in [3.8, 4) is 0 Å². The molecule has 0 aromatic carbocycles. The third kappa shape index (κ3) is 3.93. The highest BCUT2D eigenvalue weighted by Gasteiger charge is 2.27. The van der Waals surface area contributed by atoms with Crippen molar-refractivity contribution in [2.75, 3.05) is 26.2 Å². The zero-order valence-electron chi connectivity index (χ0n) is 13.6. The van der Waals surface area contributed by atoms with E-state index in [1.807, 2.05) is 23.3 Å². The molecule has 6 heteroatoms. The van der Waals surface area contributed by atoms with Crippen LogP contribution in [0.1, 0.15) is 40.9 Å². The average Bonchev–Trinajstić information content (AvgIpc) is 3.23. The zero-order chi connectivity index (χ0) is 16.2. The lowest BCUT2D eigenvalue weighted by Gasteiger charge is -2.33. The molecule has 2 fully saturated rings. The van der Waals surface area contributed by atoms with Crippen molar-refractivity contribution >= 4 is 23.2 Å². The minimum atomic E-state index is -0.0231. The van der Waals surface area contributed by atoms with E-state index in [-0.39, 0.29) is 17.9 Å². The van der Waals surface area contributed by atoms with Crippen LogP contribution in [0.2, 0.25) is 0 Å². The molecule has 5 nitrogen and oxygen atoms in total. The van der Waals surface area contributed by atoms with E-state index in [0.29, 0.717) is 12.5 Å². The molecule has 23 heavy (non-hydrogen) atoms. The van der Waals surface area contributed by atoms with E-state index in [0.717, 1.165) is 55.8 Å². The molecule has 3 rings (SSSR count). The first-order chi connectivity index (χ1) is 11.1. The number of nitrogens with one attached hydrogen (secondary N) is 2. The van der Waals surface area contributed by atoms with Crippen molar-refractivity contribution in [1.82, 2.24) is 15.5 Å². The van der Waals surface area contributed by atoms with Gasteiger partial charge in [-0.25, -0.2) is 0 Å². The van der Waals surface area contributed by atoms with Crippen LogP contribution in [-0.2, 0) is 4.79 Å². The Morgan fingerprint density at radius 2 is 2.26 bits per heavy atom. The van der Waals surface area contributed by atoms with Gasteiger partial charge in [-0.15, -0.1) is 11.3 Å². The minimum absolute atomic E-state index is 0.0231. The summed E-state index contributed by atoms with van der Waals surface area (Å²) in [5, 5.41) is 8.25. The molecule has 1 aromatic rings. The summed E-state index contributed by atoms with van der Waals surface area (Å²) in [6.45, 7) is 5.16. The molecule has 1 aromatic heterocycles. The van der Waals surface area contributed by atoms with Crippen LogP contribution in [0.25, 0.3) is 0 Å². The monoisotopic (exact) mass is 335 g/mol. The van der Waals surface area contributed by atoms with Gasteiger partial charge in [-0.05, 0) is 62.1 Å². The van der Waals surface area contributed by atoms with Gasteiger partial charge in [0.05, 0.1) is 10.9 Å². The average molecular weight is 335 g/mol. The fourth-order valence-electron chi connectivity index (χ4n) is 3.43. The van der Waals surface area contributed by atoms with Gasteiger partial charge in [-0.2, -0.15) is 0 Å². The molecular formula is C17H25N3O2S. The highest BCUT2D eigenvalue weighted by molar-refractivity contribution is 7.12. The van der Waals surface area contributed by atoms with Gasteiger partial charge in [0.2, 0.25) is 5.91 Å². The highest BCUT2D eigenvalue weighted by atomic mass is 32.1. The van der Waals surface area contributed by atoms with Gasteiger partial charge in [0.1, 0.15) is 0 Å². The Morgan fingerprint density at radius 1 is 1.39 bits per heavy atom. The van der Waals surface area contributed by atoms with E-state index in [4.69, 9.17) is 0 Å². The number of likely N-dealkylation sites (tertiary alicyclic amines) is 1. The SMILES string of the molecule is Cc1ccsc1C(=O)N1CCC[C@@H](CNC(=O)[C@H]2CCCN2)C1. The predicted octanol–water partition coefficient (Wildman–Crippen LogP) is 1.78. The molecule has 2 aliphatic heterocycles.